The summed E-state index contributed by atoms with van der Waals surface area (Å²) in [5, 5.41) is 14.8. The van der Waals surface area contributed by atoms with Crippen LogP contribution in [0.1, 0.15) is 44.7 Å². The van der Waals surface area contributed by atoms with Crippen LogP contribution in [0.25, 0.3) is 0 Å². The molecule has 1 aliphatic rings. The van der Waals surface area contributed by atoms with E-state index in [0.717, 1.165) is 19.3 Å². The van der Waals surface area contributed by atoms with Crippen molar-refractivity contribution in [3.63, 3.8) is 0 Å². The lowest BCUT2D eigenvalue weighted by Crippen LogP contribution is -2.39. The van der Waals surface area contributed by atoms with Gasteiger partial charge in [-0.1, -0.05) is 19.8 Å². The van der Waals surface area contributed by atoms with Crippen molar-refractivity contribution in [2.75, 3.05) is 0 Å². The van der Waals surface area contributed by atoms with Crippen LogP contribution in [0.3, 0.4) is 0 Å². The van der Waals surface area contributed by atoms with Crippen LogP contribution in [0.5, 0.6) is 0 Å². The monoisotopic (exact) mass is 222 g/mol. The van der Waals surface area contributed by atoms with E-state index in [1.807, 2.05) is 24.0 Å². The third-order valence-electron chi connectivity index (χ3n) is 4.15. The predicted molar refractivity (Wildman–Crippen MR) is 64.1 cm³/mol. The molecular formula is C13H22N2O. The number of aromatic nitrogens is 2. The van der Waals surface area contributed by atoms with Crippen molar-refractivity contribution in [3.05, 3.63) is 18.0 Å². The van der Waals surface area contributed by atoms with Gasteiger partial charge < -0.3 is 5.11 Å². The minimum atomic E-state index is -0.442. The fraction of sp³-hybridized carbons (Fsp3) is 0.769. The smallest absolute Gasteiger partial charge is 0.0676 e. The Labute approximate surface area is 97.5 Å². The molecule has 1 fully saturated rings. The summed E-state index contributed by atoms with van der Waals surface area (Å²) in [6.07, 6.45) is 8.20. The minimum absolute atomic E-state index is 0.439. The first-order chi connectivity index (χ1) is 7.62. The normalized spacial score (nSPS) is 30.6. The van der Waals surface area contributed by atoms with Crippen LogP contribution < -0.4 is 0 Å². The molecule has 2 unspecified atom stereocenters. The molecule has 0 aliphatic heterocycles. The molecule has 0 spiro atoms. The first kappa shape index (κ1) is 11.6. The van der Waals surface area contributed by atoms with E-state index in [0.29, 0.717) is 5.92 Å². The molecule has 3 nitrogen and oxygen atoms in total. The summed E-state index contributed by atoms with van der Waals surface area (Å²) in [4.78, 5) is 0. The van der Waals surface area contributed by atoms with Gasteiger partial charge >= 0.3 is 0 Å². The van der Waals surface area contributed by atoms with Crippen molar-refractivity contribution in [1.29, 1.82) is 0 Å². The molecule has 3 heteroatoms. The molecule has 1 aliphatic carbocycles. The average molecular weight is 222 g/mol. The zero-order valence-corrected chi connectivity index (χ0v) is 10.3. The lowest BCUT2D eigenvalue weighted by molar-refractivity contribution is -0.0478. The standard InChI is InChI=1S/C13H22N2O/c1-11-5-3-4-8-13(11,16)9-6-12-7-10-14-15(12)2/h7,10-11,16H,3-6,8-9H2,1-2H3. The van der Waals surface area contributed by atoms with E-state index in [1.165, 1.54) is 25.0 Å². The topological polar surface area (TPSA) is 38.1 Å². The summed E-state index contributed by atoms with van der Waals surface area (Å²) in [5.74, 6) is 0.439. The van der Waals surface area contributed by atoms with E-state index >= 15 is 0 Å². The molecule has 1 N–H and O–H groups in total. The molecule has 0 radical (unpaired) electrons. The summed E-state index contributed by atoms with van der Waals surface area (Å²) in [6, 6.07) is 2.04. The largest absolute Gasteiger partial charge is 0.390 e. The maximum Gasteiger partial charge on any atom is 0.0676 e. The molecule has 1 aromatic rings. The Morgan fingerprint density at radius 3 is 3.00 bits per heavy atom. The van der Waals surface area contributed by atoms with Crippen LogP contribution in [0.4, 0.5) is 0 Å². The van der Waals surface area contributed by atoms with E-state index in [-0.39, 0.29) is 0 Å². The van der Waals surface area contributed by atoms with Crippen LogP contribution in [0.2, 0.25) is 0 Å². The molecule has 0 amide bonds. The molecule has 2 rings (SSSR count). The Hall–Kier alpha value is -0.830. The first-order valence-corrected chi connectivity index (χ1v) is 6.31. The van der Waals surface area contributed by atoms with Gasteiger partial charge in [0.2, 0.25) is 0 Å². The molecule has 90 valence electrons. The van der Waals surface area contributed by atoms with Crippen LogP contribution in [0.15, 0.2) is 12.3 Å². The fourth-order valence-electron chi connectivity index (χ4n) is 2.76. The second-order valence-electron chi connectivity index (χ2n) is 5.20. The highest BCUT2D eigenvalue weighted by Gasteiger charge is 2.35. The minimum Gasteiger partial charge on any atom is -0.390 e. The summed E-state index contributed by atoms with van der Waals surface area (Å²) in [6.45, 7) is 2.18. The lowest BCUT2D eigenvalue weighted by atomic mass is 9.74. The number of aryl methyl sites for hydroxylation is 2. The van der Waals surface area contributed by atoms with Crippen molar-refractivity contribution in [2.45, 2.75) is 51.0 Å². The molecule has 2 atom stereocenters. The van der Waals surface area contributed by atoms with E-state index in [9.17, 15) is 5.11 Å². The van der Waals surface area contributed by atoms with Crippen molar-refractivity contribution >= 4 is 0 Å². The van der Waals surface area contributed by atoms with Gasteiger partial charge in [0.25, 0.3) is 0 Å². The highest BCUT2D eigenvalue weighted by Crippen LogP contribution is 2.36. The molecule has 0 aromatic carbocycles. The predicted octanol–water partition coefficient (Wildman–Crippen LogP) is 2.29. The summed E-state index contributed by atoms with van der Waals surface area (Å²) >= 11 is 0. The van der Waals surface area contributed by atoms with Crippen molar-refractivity contribution in [3.8, 4) is 0 Å². The first-order valence-electron chi connectivity index (χ1n) is 6.31. The number of hydrogen-bond donors (Lipinski definition) is 1. The Bertz CT molecular complexity index is 347. The van der Waals surface area contributed by atoms with Gasteiger partial charge in [0, 0.05) is 18.9 Å². The van der Waals surface area contributed by atoms with Crippen LogP contribution >= 0.6 is 0 Å². The van der Waals surface area contributed by atoms with Gasteiger partial charge in [-0.3, -0.25) is 4.68 Å². The van der Waals surface area contributed by atoms with E-state index in [1.54, 1.807) is 0 Å². The van der Waals surface area contributed by atoms with Gasteiger partial charge in [0.15, 0.2) is 0 Å². The van der Waals surface area contributed by atoms with Crippen LogP contribution in [-0.2, 0) is 13.5 Å². The zero-order chi connectivity index (χ0) is 11.6. The van der Waals surface area contributed by atoms with Gasteiger partial charge in [0.05, 0.1) is 5.60 Å². The summed E-state index contributed by atoms with van der Waals surface area (Å²) in [5.41, 5.74) is 0.772. The van der Waals surface area contributed by atoms with E-state index < -0.39 is 5.60 Å². The lowest BCUT2D eigenvalue weighted by Gasteiger charge is -2.38. The van der Waals surface area contributed by atoms with Gasteiger partial charge in [-0.15, -0.1) is 0 Å². The van der Waals surface area contributed by atoms with Crippen molar-refractivity contribution in [2.24, 2.45) is 13.0 Å². The molecular weight excluding hydrogens is 200 g/mol. The summed E-state index contributed by atoms with van der Waals surface area (Å²) in [7, 11) is 1.96. The molecule has 0 bridgehead atoms. The zero-order valence-electron chi connectivity index (χ0n) is 10.3. The molecule has 16 heavy (non-hydrogen) atoms. The molecule has 1 aromatic heterocycles. The third kappa shape index (κ3) is 2.29. The average Bonchev–Trinajstić information content (AvgIpc) is 2.66. The second-order valence-corrected chi connectivity index (χ2v) is 5.20. The third-order valence-corrected chi connectivity index (χ3v) is 4.15. The summed E-state index contributed by atoms with van der Waals surface area (Å²) < 4.78 is 1.90. The highest BCUT2D eigenvalue weighted by atomic mass is 16.3. The van der Waals surface area contributed by atoms with Crippen molar-refractivity contribution < 1.29 is 5.11 Å². The Kier molecular flexibility index (Phi) is 3.33. The Morgan fingerprint density at radius 1 is 1.56 bits per heavy atom. The maximum absolute atomic E-state index is 10.6. The highest BCUT2D eigenvalue weighted by molar-refractivity contribution is 5.02. The van der Waals surface area contributed by atoms with Gasteiger partial charge in [-0.25, -0.2) is 0 Å². The van der Waals surface area contributed by atoms with E-state index in [2.05, 4.69) is 12.0 Å². The van der Waals surface area contributed by atoms with Gasteiger partial charge in [-0.05, 0) is 37.7 Å². The number of hydrogen-bond acceptors (Lipinski definition) is 2. The number of rotatable bonds is 3. The number of nitrogens with zero attached hydrogens (tertiary/aromatic N) is 2. The van der Waals surface area contributed by atoms with Gasteiger partial charge in [0.1, 0.15) is 0 Å². The SMILES string of the molecule is CC1CCCCC1(O)CCc1ccnn1C. The molecule has 1 saturated carbocycles. The van der Waals surface area contributed by atoms with E-state index in [4.69, 9.17) is 0 Å². The molecule has 0 saturated heterocycles. The van der Waals surface area contributed by atoms with Crippen molar-refractivity contribution in [1.82, 2.24) is 9.78 Å². The number of aliphatic hydroxyl groups is 1. The van der Waals surface area contributed by atoms with Gasteiger partial charge in [-0.2, -0.15) is 5.10 Å². The molecule has 1 heterocycles. The second kappa shape index (κ2) is 4.58. The Morgan fingerprint density at radius 2 is 2.38 bits per heavy atom. The Balaban J connectivity index is 1.96. The van der Waals surface area contributed by atoms with Crippen LogP contribution in [0, 0.1) is 5.92 Å². The quantitative estimate of drug-likeness (QED) is 0.852. The fourth-order valence-corrected chi connectivity index (χ4v) is 2.76. The maximum atomic E-state index is 10.6. The van der Waals surface area contributed by atoms with Crippen LogP contribution in [-0.4, -0.2) is 20.5 Å².